The molecule has 0 spiro atoms. The fraction of sp³-hybridized carbons (Fsp3) is 1.00. The van der Waals surface area contributed by atoms with E-state index in [1.54, 1.807) is 0 Å². The van der Waals surface area contributed by atoms with Crippen molar-refractivity contribution in [3.05, 3.63) is 0 Å². The first kappa shape index (κ1) is 46.0. The minimum Gasteiger partial charge on any atom is -0.394 e. The monoisotopic (exact) mass is 828 g/mol. The molecule has 5 saturated heterocycles. The van der Waals surface area contributed by atoms with E-state index in [2.05, 4.69) is 0 Å². The van der Waals surface area contributed by atoms with Gasteiger partial charge in [-0.25, -0.2) is 0 Å². The maximum atomic E-state index is 10.9. The van der Waals surface area contributed by atoms with Gasteiger partial charge in [-0.1, -0.05) is 0 Å². The van der Waals surface area contributed by atoms with Crippen LogP contribution in [0.2, 0.25) is 0 Å². The van der Waals surface area contributed by atoms with E-state index in [1.807, 2.05) is 0 Å². The predicted molar refractivity (Wildman–Crippen MR) is 167 cm³/mol. The molecule has 0 bridgehead atoms. The topological polar surface area (TPSA) is 427 Å². The molecule has 0 saturated carbocycles. The van der Waals surface area contributed by atoms with Crippen molar-refractivity contribution in [2.75, 3.05) is 59.5 Å². The summed E-state index contributed by atoms with van der Waals surface area (Å²) in [5.74, 6) is -9.85. The Bertz CT molecular complexity index is 1270. The normalized spacial score (nSPS) is 52.3. The lowest BCUT2D eigenvalue weighted by Crippen LogP contribution is -2.62. The van der Waals surface area contributed by atoms with Crippen LogP contribution < -0.4 is 0 Å². The van der Waals surface area contributed by atoms with Crippen molar-refractivity contribution in [2.45, 2.75) is 127 Å². The van der Waals surface area contributed by atoms with Crippen LogP contribution in [0.4, 0.5) is 0 Å². The third-order valence-electron chi connectivity index (χ3n) is 10.7. The number of aliphatic hydroxyl groups is 17. The summed E-state index contributed by atoms with van der Waals surface area (Å²) in [6, 6.07) is 0. The van der Waals surface area contributed by atoms with E-state index in [1.165, 1.54) is 0 Å². The first-order valence-electron chi connectivity index (χ1n) is 17.5. The van der Waals surface area contributed by atoms with Crippen LogP contribution in [0.3, 0.4) is 0 Å². The molecule has 17 N–H and O–H groups in total. The van der Waals surface area contributed by atoms with Gasteiger partial charge in [-0.05, 0) is 0 Å². The van der Waals surface area contributed by atoms with Gasteiger partial charge in [0.1, 0.15) is 124 Å². The maximum absolute atomic E-state index is 10.9. The Morgan fingerprint density at radius 2 is 0.679 bits per heavy atom. The van der Waals surface area contributed by atoms with Gasteiger partial charge >= 0.3 is 0 Å². The summed E-state index contributed by atoms with van der Waals surface area (Å²) < 4.78 is 49.2. The summed E-state index contributed by atoms with van der Waals surface area (Å²) >= 11 is 0. The number of hydrogen-bond acceptors (Lipinski definition) is 26. The highest BCUT2D eigenvalue weighted by Gasteiger charge is 2.63. The van der Waals surface area contributed by atoms with Crippen LogP contribution in [-0.4, -0.2) is 273 Å². The fourth-order valence-electron chi connectivity index (χ4n) is 7.16. The Labute approximate surface area is 316 Å². The Morgan fingerprint density at radius 1 is 0.357 bits per heavy atom. The molecule has 0 aromatic heterocycles. The van der Waals surface area contributed by atoms with Gasteiger partial charge in [0.2, 0.25) is 23.1 Å². The van der Waals surface area contributed by atoms with Crippen molar-refractivity contribution in [2.24, 2.45) is 0 Å². The fourth-order valence-corrected chi connectivity index (χ4v) is 7.16. The molecule has 0 unspecified atom stereocenters. The third-order valence-corrected chi connectivity index (χ3v) is 10.7. The largest absolute Gasteiger partial charge is 0.394 e. The van der Waals surface area contributed by atoms with Crippen LogP contribution in [-0.2, 0) is 42.6 Å². The van der Waals surface area contributed by atoms with Gasteiger partial charge in [0.05, 0.1) is 33.0 Å². The summed E-state index contributed by atoms with van der Waals surface area (Å²) in [4.78, 5) is 0. The van der Waals surface area contributed by atoms with E-state index in [-0.39, 0.29) is 0 Å². The first-order chi connectivity index (χ1) is 26.4. The highest BCUT2D eigenvalue weighted by molar-refractivity contribution is 5.03. The Balaban J connectivity index is 1.21. The molecule has 0 radical (unpaired) electrons. The van der Waals surface area contributed by atoms with E-state index >= 15 is 0 Å². The smallest absolute Gasteiger partial charge is 0.224 e. The number of rotatable bonds is 17. The van der Waals surface area contributed by atoms with Gasteiger partial charge < -0.3 is 129 Å². The average molecular weight is 829 g/mol. The minimum absolute atomic E-state index is 0.758. The van der Waals surface area contributed by atoms with E-state index in [4.69, 9.17) is 42.6 Å². The quantitative estimate of drug-likeness (QED) is 0.0647. The summed E-state index contributed by atoms with van der Waals surface area (Å²) in [6.07, 6.45) is -30.9. The standard InChI is InChI=1S/C30H52O26/c31-1-10-15(37)20(42)21(43)26(51-10)56-30(9-36)25(47)19(41)14(55-30)5-50-29(8-35)24(46)18(40)13(54-29)4-49-28(7-34)23(45)17(39)12(53-28)3-48-27(6-33)22(44)16(38)11(2-32)52-27/h10-26,31-47H,1-9H2/t10-,11-,12-,13-,14-,15-,16-,17-,18-,19-,20+,21-,22+,23+,24+,25+,26-,27-,28-,29-,30+/m1/s1. The predicted octanol–water partition coefficient (Wildman–Crippen LogP) is -11.9. The van der Waals surface area contributed by atoms with Crippen molar-refractivity contribution in [3.63, 3.8) is 0 Å². The zero-order valence-corrected chi connectivity index (χ0v) is 29.5. The average Bonchev–Trinajstić information content (AvgIpc) is 3.80. The summed E-state index contributed by atoms with van der Waals surface area (Å²) in [7, 11) is 0. The zero-order chi connectivity index (χ0) is 41.5. The van der Waals surface area contributed by atoms with E-state index in [9.17, 15) is 86.8 Å². The van der Waals surface area contributed by atoms with Crippen molar-refractivity contribution >= 4 is 0 Å². The van der Waals surface area contributed by atoms with Gasteiger partial charge in [0, 0.05) is 0 Å². The molecule has 26 nitrogen and oxygen atoms in total. The van der Waals surface area contributed by atoms with Crippen molar-refractivity contribution in [1.29, 1.82) is 0 Å². The van der Waals surface area contributed by atoms with Crippen molar-refractivity contribution in [3.8, 4) is 0 Å². The van der Waals surface area contributed by atoms with Crippen LogP contribution >= 0.6 is 0 Å². The minimum atomic E-state index is -2.58. The highest BCUT2D eigenvalue weighted by atomic mass is 16.8. The number of aliphatic hydroxyl groups excluding tert-OH is 17. The molecule has 5 aliphatic heterocycles. The molecule has 26 heteroatoms. The molecule has 0 aliphatic carbocycles. The summed E-state index contributed by atoms with van der Waals surface area (Å²) in [5, 5.41) is 175. The lowest BCUT2D eigenvalue weighted by atomic mass is 9.99. The van der Waals surface area contributed by atoms with Crippen LogP contribution in [0, 0.1) is 0 Å². The lowest BCUT2D eigenvalue weighted by Gasteiger charge is -2.43. The maximum Gasteiger partial charge on any atom is 0.224 e. The summed E-state index contributed by atoms with van der Waals surface area (Å²) in [5.41, 5.74) is 0. The Hall–Kier alpha value is -1.04. The molecular formula is C30H52O26. The second-order valence-corrected chi connectivity index (χ2v) is 14.2. The molecule has 328 valence electrons. The molecule has 5 aliphatic rings. The Kier molecular flexibility index (Phi) is 14.7. The lowest BCUT2D eigenvalue weighted by molar-refractivity contribution is -0.385. The van der Waals surface area contributed by atoms with Gasteiger partial charge in [0.15, 0.2) is 6.29 Å². The van der Waals surface area contributed by atoms with E-state index < -0.39 is 187 Å². The molecule has 0 aromatic rings. The highest BCUT2D eigenvalue weighted by Crippen LogP contribution is 2.41. The SMILES string of the molecule is OC[C@H]1O[C@@](CO)(OC[C@H]2O[C@@](CO)(OC[C@H]3O[C@@](CO)(OC[C@H]4O[C@@](CO)(O[C@H]5O[C@H](CO)[C@@H](O)[C@H](O)[C@H]5O)[C@@H](O)[C@@H]4O)[C@@H](O)[C@@H]3O)[C@@H](O)[C@@H]2O)[C@@H](O)[C@@H]1O. The second kappa shape index (κ2) is 17.9. The zero-order valence-electron chi connectivity index (χ0n) is 29.5. The number of hydrogen-bond donors (Lipinski definition) is 17. The second-order valence-electron chi connectivity index (χ2n) is 14.2. The molecule has 5 rings (SSSR count). The van der Waals surface area contributed by atoms with Crippen LogP contribution in [0.5, 0.6) is 0 Å². The first-order valence-corrected chi connectivity index (χ1v) is 17.5. The summed E-state index contributed by atoms with van der Waals surface area (Å²) in [6.45, 7) is -8.68. The molecule has 56 heavy (non-hydrogen) atoms. The Morgan fingerprint density at radius 3 is 1.02 bits per heavy atom. The number of ether oxygens (including phenoxy) is 9. The molecular weight excluding hydrogens is 776 g/mol. The van der Waals surface area contributed by atoms with Gasteiger partial charge in [-0.3, -0.25) is 0 Å². The van der Waals surface area contributed by atoms with Crippen LogP contribution in [0.1, 0.15) is 0 Å². The molecule has 5 fully saturated rings. The van der Waals surface area contributed by atoms with Crippen molar-refractivity contribution in [1.82, 2.24) is 0 Å². The molecule has 21 atom stereocenters. The molecule has 0 aromatic carbocycles. The van der Waals surface area contributed by atoms with E-state index in [0.717, 1.165) is 0 Å². The molecule has 0 amide bonds. The third kappa shape index (κ3) is 7.97. The van der Waals surface area contributed by atoms with Crippen molar-refractivity contribution < 1.29 is 129 Å². The van der Waals surface area contributed by atoms with Crippen LogP contribution in [0.25, 0.3) is 0 Å². The van der Waals surface area contributed by atoms with E-state index in [0.29, 0.717) is 0 Å². The molecule has 5 heterocycles. The van der Waals surface area contributed by atoms with Gasteiger partial charge in [-0.2, -0.15) is 0 Å². The van der Waals surface area contributed by atoms with Crippen LogP contribution in [0.15, 0.2) is 0 Å². The van der Waals surface area contributed by atoms with Gasteiger partial charge in [-0.15, -0.1) is 0 Å². The van der Waals surface area contributed by atoms with Gasteiger partial charge in [0.25, 0.3) is 0 Å².